The molecule has 0 aliphatic carbocycles. The minimum absolute atomic E-state index is 0.0781. The monoisotopic (exact) mass is 431 g/mol. The van der Waals surface area contributed by atoms with E-state index in [1.54, 1.807) is 7.11 Å². The molecule has 7 heteroatoms. The Bertz CT molecular complexity index is 1050. The van der Waals surface area contributed by atoms with Crippen molar-refractivity contribution in [2.24, 2.45) is 11.8 Å². The van der Waals surface area contributed by atoms with Crippen LogP contribution < -0.4 is 10.1 Å². The van der Waals surface area contributed by atoms with Gasteiger partial charge in [-0.25, -0.2) is 0 Å². The third-order valence-corrected chi connectivity index (χ3v) is 6.85. The van der Waals surface area contributed by atoms with Crippen molar-refractivity contribution < 1.29 is 9.53 Å². The quantitative estimate of drug-likeness (QED) is 0.623. The Labute approximate surface area is 188 Å². The standard InChI is InChI=1S/C25H29N5O2/c1-32-22-9-7-19(8-10-22)24-17-30(28-27-24)15-21-13-20-11-12-29(21)16-23(20)25(31)26-14-18-5-3-2-4-6-18/h2-10,17,20-21,23H,11-16H2,1H3,(H,26,31). The van der Waals surface area contributed by atoms with Crippen molar-refractivity contribution in [1.82, 2.24) is 25.2 Å². The van der Waals surface area contributed by atoms with Crippen molar-refractivity contribution in [1.29, 1.82) is 0 Å². The molecule has 4 unspecified atom stereocenters. The van der Waals surface area contributed by atoms with Crippen LogP contribution in [-0.2, 0) is 17.9 Å². The first kappa shape index (κ1) is 20.7. The lowest BCUT2D eigenvalue weighted by molar-refractivity contribution is -0.133. The molecule has 3 aliphatic heterocycles. The van der Waals surface area contributed by atoms with Crippen molar-refractivity contribution in [2.45, 2.75) is 32.0 Å². The molecule has 3 fully saturated rings. The summed E-state index contributed by atoms with van der Waals surface area (Å²) < 4.78 is 7.17. The lowest BCUT2D eigenvalue weighted by atomic mass is 9.75. The number of nitrogens with one attached hydrogen (secondary N) is 1. The number of carbonyl (C=O) groups excluding carboxylic acids is 1. The number of amides is 1. The van der Waals surface area contributed by atoms with Gasteiger partial charge in [-0.3, -0.25) is 14.4 Å². The fraction of sp³-hybridized carbons (Fsp3) is 0.400. The van der Waals surface area contributed by atoms with Gasteiger partial charge in [0, 0.05) is 24.7 Å². The van der Waals surface area contributed by atoms with Gasteiger partial charge in [-0.2, -0.15) is 0 Å². The summed E-state index contributed by atoms with van der Waals surface area (Å²) in [5.41, 5.74) is 3.03. The van der Waals surface area contributed by atoms with E-state index >= 15 is 0 Å². The molecule has 3 aliphatic rings. The van der Waals surface area contributed by atoms with Crippen LogP contribution in [0.3, 0.4) is 0 Å². The van der Waals surface area contributed by atoms with Crippen molar-refractivity contribution in [3.05, 3.63) is 66.4 Å². The second kappa shape index (κ2) is 9.12. The molecule has 2 aromatic carbocycles. The molecule has 3 aromatic rings. The number of carbonyl (C=O) groups is 1. The summed E-state index contributed by atoms with van der Waals surface area (Å²) in [6.07, 6.45) is 4.13. The van der Waals surface area contributed by atoms with Crippen LogP contribution in [0.15, 0.2) is 60.8 Å². The van der Waals surface area contributed by atoms with Gasteiger partial charge in [0.05, 0.1) is 25.8 Å². The normalized spacial score (nSPS) is 24.3. The van der Waals surface area contributed by atoms with E-state index in [-0.39, 0.29) is 11.8 Å². The van der Waals surface area contributed by atoms with E-state index in [0.29, 0.717) is 18.5 Å². The number of aromatic nitrogens is 3. The van der Waals surface area contributed by atoms with Crippen molar-refractivity contribution in [2.75, 3.05) is 20.2 Å². The SMILES string of the molecule is COc1ccc(-c2cn(CC3CC4CCN3CC4C(=O)NCc3ccccc3)nn2)cc1. The fourth-order valence-electron chi connectivity index (χ4n) is 5.04. The predicted molar refractivity (Wildman–Crippen MR) is 122 cm³/mol. The molecule has 0 spiro atoms. The number of hydrogen-bond donors (Lipinski definition) is 1. The van der Waals surface area contributed by atoms with Crippen molar-refractivity contribution in [3.63, 3.8) is 0 Å². The van der Waals surface area contributed by atoms with Crippen LogP contribution in [0.5, 0.6) is 5.75 Å². The van der Waals surface area contributed by atoms with Gasteiger partial charge in [0.2, 0.25) is 5.91 Å². The van der Waals surface area contributed by atoms with Gasteiger partial charge in [0.1, 0.15) is 11.4 Å². The number of fused-ring (bicyclic) bond motifs is 3. The summed E-state index contributed by atoms with van der Waals surface area (Å²) in [6, 6.07) is 18.4. The molecule has 1 N–H and O–H groups in total. The van der Waals surface area contributed by atoms with Crippen LogP contribution in [-0.4, -0.2) is 52.0 Å². The molecule has 4 atom stereocenters. The highest BCUT2D eigenvalue weighted by Crippen LogP contribution is 2.37. The van der Waals surface area contributed by atoms with E-state index in [0.717, 1.165) is 55.0 Å². The second-order valence-corrected chi connectivity index (χ2v) is 8.80. The Morgan fingerprint density at radius 2 is 1.97 bits per heavy atom. The number of piperidine rings is 3. The van der Waals surface area contributed by atoms with Gasteiger partial charge in [-0.1, -0.05) is 35.5 Å². The number of benzene rings is 2. The molecule has 0 radical (unpaired) electrons. The van der Waals surface area contributed by atoms with Crippen LogP contribution in [0.1, 0.15) is 18.4 Å². The third kappa shape index (κ3) is 4.39. The van der Waals surface area contributed by atoms with Crippen LogP contribution in [0, 0.1) is 11.8 Å². The van der Waals surface area contributed by atoms with Crippen LogP contribution >= 0.6 is 0 Å². The zero-order chi connectivity index (χ0) is 21.9. The molecule has 1 amide bonds. The molecule has 32 heavy (non-hydrogen) atoms. The molecule has 7 nitrogen and oxygen atoms in total. The zero-order valence-corrected chi connectivity index (χ0v) is 18.4. The molecular formula is C25H29N5O2. The van der Waals surface area contributed by atoms with Crippen molar-refractivity contribution >= 4 is 5.91 Å². The lowest BCUT2D eigenvalue weighted by Crippen LogP contribution is -2.57. The fourth-order valence-corrected chi connectivity index (χ4v) is 5.04. The van der Waals surface area contributed by atoms with Gasteiger partial charge < -0.3 is 10.1 Å². The number of rotatable bonds is 7. The largest absolute Gasteiger partial charge is 0.497 e. The molecule has 4 heterocycles. The molecule has 0 saturated carbocycles. The minimum Gasteiger partial charge on any atom is -0.497 e. The highest BCUT2D eigenvalue weighted by atomic mass is 16.5. The van der Waals surface area contributed by atoms with E-state index in [1.807, 2.05) is 65.5 Å². The average molecular weight is 432 g/mol. The Balaban J connectivity index is 1.18. The molecule has 6 rings (SSSR count). The van der Waals surface area contributed by atoms with Gasteiger partial charge >= 0.3 is 0 Å². The summed E-state index contributed by atoms with van der Waals surface area (Å²) in [5.74, 6) is 1.53. The Kier molecular flexibility index (Phi) is 5.90. The highest BCUT2D eigenvalue weighted by molar-refractivity contribution is 5.79. The highest BCUT2D eigenvalue weighted by Gasteiger charge is 2.43. The zero-order valence-electron chi connectivity index (χ0n) is 18.4. The molecule has 1 aromatic heterocycles. The second-order valence-electron chi connectivity index (χ2n) is 8.80. The third-order valence-electron chi connectivity index (χ3n) is 6.85. The van der Waals surface area contributed by atoms with E-state index in [1.165, 1.54) is 0 Å². The van der Waals surface area contributed by atoms with E-state index in [2.05, 4.69) is 20.5 Å². The number of methoxy groups -OCH3 is 1. The van der Waals surface area contributed by atoms with Crippen molar-refractivity contribution in [3.8, 4) is 17.0 Å². The van der Waals surface area contributed by atoms with Crippen LogP contribution in [0.25, 0.3) is 11.3 Å². The van der Waals surface area contributed by atoms with Gasteiger partial charge in [0.25, 0.3) is 0 Å². The summed E-state index contributed by atoms with van der Waals surface area (Å²) in [4.78, 5) is 15.3. The topological polar surface area (TPSA) is 72.3 Å². The maximum absolute atomic E-state index is 12.9. The Hall–Kier alpha value is -3.19. The minimum atomic E-state index is 0.0781. The van der Waals surface area contributed by atoms with Crippen LogP contribution in [0.4, 0.5) is 0 Å². The Morgan fingerprint density at radius 3 is 2.69 bits per heavy atom. The lowest BCUT2D eigenvalue weighted by Gasteiger charge is -2.49. The van der Waals surface area contributed by atoms with E-state index in [4.69, 9.17) is 4.74 Å². The first-order valence-corrected chi connectivity index (χ1v) is 11.3. The van der Waals surface area contributed by atoms with Gasteiger partial charge in [-0.15, -0.1) is 5.10 Å². The van der Waals surface area contributed by atoms with Crippen LogP contribution in [0.2, 0.25) is 0 Å². The number of nitrogens with zero attached hydrogens (tertiary/aromatic N) is 4. The summed E-state index contributed by atoms with van der Waals surface area (Å²) in [5, 5.41) is 11.9. The molecular weight excluding hydrogens is 402 g/mol. The smallest absolute Gasteiger partial charge is 0.224 e. The average Bonchev–Trinajstić information content (AvgIpc) is 3.32. The van der Waals surface area contributed by atoms with Gasteiger partial charge in [0.15, 0.2) is 0 Å². The Morgan fingerprint density at radius 1 is 1.16 bits per heavy atom. The maximum Gasteiger partial charge on any atom is 0.224 e. The number of hydrogen-bond acceptors (Lipinski definition) is 5. The summed E-state index contributed by atoms with van der Waals surface area (Å²) in [7, 11) is 1.66. The number of ether oxygens (including phenoxy) is 1. The summed E-state index contributed by atoms with van der Waals surface area (Å²) >= 11 is 0. The molecule has 166 valence electrons. The van der Waals surface area contributed by atoms with E-state index < -0.39 is 0 Å². The first-order valence-electron chi connectivity index (χ1n) is 11.3. The van der Waals surface area contributed by atoms with E-state index in [9.17, 15) is 4.79 Å². The maximum atomic E-state index is 12.9. The molecule has 2 bridgehead atoms. The predicted octanol–water partition coefficient (Wildman–Crippen LogP) is 2.98. The van der Waals surface area contributed by atoms with Gasteiger partial charge in [-0.05, 0) is 55.1 Å². The molecule has 3 saturated heterocycles. The first-order chi connectivity index (χ1) is 15.7. The summed E-state index contributed by atoms with van der Waals surface area (Å²) in [6.45, 7) is 3.28.